The molecule has 1 fully saturated rings. The van der Waals surface area contributed by atoms with Crippen LogP contribution in [0.5, 0.6) is 0 Å². The Morgan fingerprint density at radius 1 is 1.44 bits per heavy atom. The molecule has 1 aliphatic rings. The zero-order valence-corrected chi connectivity index (χ0v) is 10.5. The molecule has 1 atom stereocenters. The first-order valence-corrected chi connectivity index (χ1v) is 6.27. The molecule has 18 heavy (non-hydrogen) atoms. The monoisotopic (exact) mass is 250 g/mol. The van der Waals surface area contributed by atoms with Crippen molar-refractivity contribution in [2.75, 3.05) is 18.5 Å². The molecule has 0 amide bonds. The number of nitro benzene ring substituents is 1. The SMILES string of the molecule is Cc1cc(NCC2CCCCO2)cc([N+](=O)[O-])c1. The summed E-state index contributed by atoms with van der Waals surface area (Å²) in [6, 6.07) is 5.05. The summed E-state index contributed by atoms with van der Waals surface area (Å²) in [4.78, 5) is 10.4. The summed E-state index contributed by atoms with van der Waals surface area (Å²) in [6.45, 7) is 3.39. The molecule has 0 radical (unpaired) electrons. The fourth-order valence-corrected chi connectivity index (χ4v) is 2.17. The second kappa shape index (κ2) is 5.82. The van der Waals surface area contributed by atoms with E-state index in [-0.39, 0.29) is 16.7 Å². The number of aryl methyl sites for hydroxylation is 1. The number of benzene rings is 1. The summed E-state index contributed by atoms with van der Waals surface area (Å²) >= 11 is 0. The Bertz CT molecular complexity index is 428. The molecule has 1 unspecified atom stereocenters. The van der Waals surface area contributed by atoms with Crippen LogP contribution in [0.4, 0.5) is 11.4 Å². The second-order valence-corrected chi connectivity index (χ2v) is 4.68. The Morgan fingerprint density at radius 3 is 2.94 bits per heavy atom. The van der Waals surface area contributed by atoms with Crippen LogP contribution in [-0.2, 0) is 4.74 Å². The lowest BCUT2D eigenvalue weighted by molar-refractivity contribution is -0.384. The van der Waals surface area contributed by atoms with Gasteiger partial charge in [-0.05, 0) is 37.8 Å². The molecule has 1 N–H and O–H groups in total. The van der Waals surface area contributed by atoms with Crippen LogP contribution in [0, 0.1) is 17.0 Å². The minimum Gasteiger partial charge on any atom is -0.382 e. The van der Waals surface area contributed by atoms with Gasteiger partial charge in [-0.15, -0.1) is 0 Å². The number of nitrogens with one attached hydrogen (secondary N) is 1. The van der Waals surface area contributed by atoms with E-state index in [0.29, 0.717) is 6.54 Å². The molecule has 2 rings (SSSR count). The zero-order valence-electron chi connectivity index (χ0n) is 10.5. The highest BCUT2D eigenvalue weighted by Crippen LogP contribution is 2.21. The first-order valence-electron chi connectivity index (χ1n) is 6.27. The first kappa shape index (κ1) is 12.8. The number of nitrogens with zero attached hydrogens (tertiary/aromatic N) is 1. The van der Waals surface area contributed by atoms with Crippen LogP contribution in [0.2, 0.25) is 0 Å². The van der Waals surface area contributed by atoms with E-state index >= 15 is 0 Å². The quantitative estimate of drug-likeness (QED) is 0.659. The van der Waals surface area contributed by atoms with Crippen LogP contribution >= 0.6 is 0 Å². The second-order valence-electron chi connectivity index (χ2n) is 4.68. The summed E-state index contributed by atoms with van der Waals surface area (Å²) in [5.74, 6) is 0. The topological polar surface area (TPSA) is 64.4 Å². The normalized spacial score (nSPS) is 19.5. The van der Waals surface area contributed by atoms with Gasteiger partial charge in [-0.3, -0.25) is 10.1 Å². The highest BCUT2D eigenvalue weighted by atomic mass is 16.6. The van der Waals surface area contributed by atoms with Crippen molar-refractivity contribution in [3.8, 4) is 0 Å². The summed E-state index contributed by atoms with van der Waals surface area (Å²) in [7, 11) is 0. The van der Waals surface area contributed by atoms with E-state index < -0.39 is 0 Å². The third-order valence-electron chi connectivity index (χ3n) is 3.08. The molecule has 0 aromatic heterocycles. The maximum Gasteiger partial charge on any atom is 0.271 e. The lowest BCUT2D eigenvalue weighted by atomic mass is 10.1. The maximum atomic E-state index is 10.8. The van der Waals surface area contributed by atoms with Gasteiger partial charge in [-0.1, -0.05) is 0 Å². The molecule has 5 nitrogen and oxygen atoms in total. The Morgan fingerprint density at radius 2 is 2.28 bits per heavy atom. The van der Waals surface area contributed by atoms with E-state index in [0.717, 1.165) is 30.7 Å². The number of ether oxygens (including phenoxy) is 1. The highest BCUT2D eigenvalue weighted by Gasteiger charge is 2.14. The van der Waals surface area contributed by atoms with Crippen molar-refractivity contribution in [2.24, 2.45) is 0 Å². The number of non-ortho nitro benzene ring substituents is 1. The van der Waals surface area contributed by atoms with E-state index in [1.807, 2.05) is 13.0 Å². The summed E-state index contributed by atoms with van der Waals surface area (Å²) < 4.78 is 5.61. The van der Waals surface area contributed by atoms with Gasteiger partial charge >= 0.3 is 0 Å². The highest BCUT2D eigenvalue weighted by molar-refractivity contribution is 5.53. The average molecular weight is 250 g/mol. The van der Waals surface area contributed by atoms with Gasteiger partial charge in [0.05, 0.1) is 11.0 Å². The van der Waals surface area contributed by atoms with Crippen LogP contribution in [0.3, 0.4) is 0 Å². The summed E-state index contributed by atoms with van der Waals surface area (Å²) in [5.41, 5.74) is 1.80. The average Bonchev–Trinajstić information content (AvgIpc) is 2.37. The molecule has 1 aromatic rings. The van der Waals surface area contributed by atoms with Gasteiger partial charge in [0.15, 0.2) is 0 Å². The molecule has 98 valence electrons. The van der Waals surface area contributed by atoms with E-state index in [1.165, 1.54) is 6.42 Å². The predicted molar refractivity (Wildman–Crippen MR) is 69.9 cm³/mol. The standard InChI is InChI=1S/C13H18N2O3/c1-10-6-11(8-12(7-10)15(16)17)14-9-13-4-2-3-5-18-13/h6-8,13-14H,2-5,9H2,1H3. The van der Waals surface area contributed by atoms with Gasteiger partial charge in [-0.25, -0.2) is 0 Å². The number of hydrogen-bond donors (Lipinski definition) is 1. The van der Waals surface area contributed by atoms with Crippen molar-refractivity contribution in [2.45, 2.75) is 32.3 Å². The molecule has 1 heterocycles. The Hall–Kier alpha value is -1.62. The third kappa shape index (κ3) is 3.43. The van der Waals surface area contributed by atoms with Gasteiger partial charge in [0.1, 0.15) is 0 Å². The van der Waals surface area contributed by atoms with Crippen molar-refractivity contribution >= 4 is 11.4 Å². The van der Waals surface area contributed by atoms with E-state index in [2.05, 4.69) is 5.32 Å². The lowest BCUT2D eigenvalue weighted by Gasteiger charge is -2.23. The third-order valence-corrected chi connectivity index (χ3v) is 3.08. The minimum atomic E-state index is -0.366. The van der Waals surface area contributed by atoms with Crippen LogP contribution in [0.25, 0.3) is 0 Å². The molecule has 0 bridgehead atoms. The predicted octanol–water partition coefficient (Wildman–Crippen LogP) is 2.88. The van der Waals surface area contributed by atoms with Crippen LogP contribution < -0.4 is 5.32 Å². The Balaban J connectivity index is 1.97. The first-order chi connectivity index (χ1) is 8.65. The smallest absolute Gasteiger partial charge is 0.271 e. The van der Waals surface area contributed by atoms with Gasteiger partial charge in [0.25, 0.3) is 5.69 Å². The maximum absolute atomic E-state index is 10.8. The van der Waals surface area contributed by atoms with Crippen LogP contribution in [0.1, 0.15) is 24.8 Å². The number of rotatable bonds is 4. The Labute approximate surface area is 106 Å². The molecule has 1 aliphatic heterocycles. The lowest BCUT2D eigenvalue weighted by Crippen LogP contribution is -2.26. The molecule has 1 saturated heterocycles. The summed E-state index contributed by atoms with van der Waals surface area (Å²) in [5, 5.41) is 14.0. The number of anilines is 1. The fraction of sp³-hybridized carbons (Fsp3) is 0.538. The van der Waals surface area contributed by atoms with E-state index in [9.17, 15) is 10.1 Å². The zero-order chi connectivity index (χ0) is 13.0. The van der Waals surface area contributed by atoms with Crippen LogP contribution in [-0.4, -0.2) is 24.2 Å². The molecule has 0 saturated carbocycles. The van der Waals surface area contributed by atoms with E-state index in [4.69, 9.17) is 4.74 Å². The van der Waals surface area contributed by atoms with Crippen molar-refractivity contribution in [1.29, 1.82) is 0 Å². The van der Waals surface area contributed by atoms with E-state index in [1.54, 1.807) is 12.1 Å². The molecule has 5 heteroatoms. The summed E-state index contributed by atoms with van der Waals surface area (Å²) in [6.07, 6.45) is 3.60. The van der Waals surface area contributed by atoms with Crippen molar-refractivity contribution in [3.63, 3.8) is 0 Å². The Kier molecular flexibility index (Phi) is 4.15. The van der Waals surface area contributed by atoms with Crippen molar-refractivity contribution in [1.82, 2.24) is 0 Å². The van der Waals surface area contributed by atoms with Crippen LogP contribution in [0.15, 0.2) is 18.2 Å². The largest absolute Gasteiger partial charge is 0.382 e. The molecular weight excluding hydrogens is 232 g/mol. The minimum absolute atomic E-state index is 0.127. The fourth-order valence-electron chi connectivity index (χ4n) is 2.17. The van der Waals surface area contributed by atoms with Gasteiger partial charge in [-0.2, -0.15) is 0 Å². The van der Waals surface area contributed by atoms with Crippen molar-refractivity contribution in [3.05, 3.63) is 33.9 Å². The molecule has 1 aromatic carbocycles. The van der Waals surface area contributed by atoms with Gasteiger partial charge < -0.3 is 10.1 Å². The van der Waals surface area contributed by atoms with Gasteiger partial charge in [0, 0.05) is 31.0 Å². The molecule has 0 aliphatic carbocycles. The van der Waals surface area contributed by atoms with Gasteiger partial charge in [0.2, 0.25) is 0 Å². The number of hydrogen-bond acceptors (Lipinski definition) is 4. The number of nitro groups is 1. The molecule has 0 spiro atoms. The molecular formula is C13H18N2O3. The van der Waals surface area contributed by atoms with Crippen molar-refractivity contribution < 1.29 is 9.66 Å².